The molecule has 1 aromatic carbocycles. The zero-order valence-electron chi connectivity index (χ0n) is 14.5. The van der Waals surface area contributed by atoms with Crippen LogP contribution < -0.4 is 5.32 Å². The Morgan fingerprint density at radius 3 is 2.75 bits per heavy atom. The Kier molecular flexibility index (Phi) is 3.52. The third-order valence-electron chi connectivity index (χ3n) is 4.63. The van der Waals surface area contributed by atoms with E-state index in [0.29, 0.717) is 6.04 Å². The minimum atomic E-state index is -0.0948. The van der Waals surface area contributed by atoms with E-state index < -0.39 is 0 Å². The number of nitrogens with one attached hydrogen (secondary N) is 1. The van der Waals surface area contributed by atoms with Gasteiger partial charge in [-0.2, -0.15) is 4.52 Å². The van der Waals surface area contributed by atoms with E-state index in [0.717, 1.165) is 23.7 Å². The van der Waals surface area contributed by atoms with Gasteiger partial charge in [-0.05, 0) is 42.5 Å². The van der Waals surface area contributed by atoms with Crippen LogP contribution in [0.3, 0.4) is 0 Å². The number of hydrogen-bond donors (Lipinski definition) is 1. The van der Waals surface area contributed by atoms with Crippen LogP contribution in [0.4, 0.5) is 5.82 Å². The molecule has 0 aliphatic heterocycles. The number of anilines is 1. The molecule has 0 bridgehead atoms. The lowest BCUT2D eigenvalue weighted by atomic mass is 9.88. The number of aromatic nitrogens is 4. The number of benzene rings is 1. The summed E-state index contributed by atoms with van der Waals surface area (Å²) in [6.45, 7) is 6.38. The maximum Gasteiger partial charge on any atom is 0.178 e. The van der Waals surface area contributed by atoms with Crippen LogP contribution in [0.5, 0.6) is 0 Å². The van der Waals surface area contributed by atoms with Gasteiger partial charge in [-0.1, -0.05) is 45.0 Å². The van der Waals surface area contributed by atoms with Crippen molar-refractivity contribution < 1.29 is 0 Å². The van der Waals surface area contributed by atoms with Crippen LogP contribution in [0.25, 0.3) is 5.65 Å². The highest BCUT2D eigenvalue weighted by molar-refractivity contribution is 5.47. The molecule has 2 heterocycles. The maximum absolute atomic E-state index is 4.75. The van der Waals surface area contributed by atoms with Gasteiger partial charge in [0, 0.05) is 5.41 Å². The van der Waals surface area contributed by atoms with Crippen molar-refractivity contribution >= 4 is 11.5 Å². The Balaban J connectivity index is 1.69. The molecule has 3 aromatic rings. The first-order valence-electron chi connectivity index (χ1n) is 8.60. The van der Waals surface area contributed by atoms with E-state index in [1.165, 1.54) is 24.0 Å². The van der Waals surface area contributed by atoms with Crippen LogP contribution >= 0.6 is 0 Å². The molecule has 1 N–H and O–H groups in total. The third kappa shape index (κ3) is 2.64. The molecule has 0 amide bonds. The predicted molar refractivity (Wildman–Crippen MR) is 95.2 cm³/mol. The zero-order valence-corrected chi connectivity index (χ0v) is 14.5. The van der Waals surface area contributed by atoms with Crippen molar-refractivity contribution in [2.45, 2.75) is 51.5 Å². The predicted octanol–water partition coefficient (Wildman–Crippen LogP) is 3.91. The van der Waals surface area contributed by atoms with E-state index in [-0.39, 0.29) is 5.41 Å². The van der Waals surface area contributed by atoms with E-state index in [9.17, 15) is 0 Å². The molecular weight excluding hydrogens is 298 g/mol. The van der Waals surface area contributed by atoms with Crippen molar-refractivity contribution in [2.75, 3.05) is 5.32 Å². The van der Waals surface area contributed by atoms with Crippen molar-refractivity contribution in [3.63, 3.8) is 0 Å². The van der Waals surface area contributed by atoms with Gasteiger partial charge >= 0.3 is 0 Å². The minimum Gasteiger partial charge on any atom is -0.362 e. The molecule has 1 atom stereocenters. The first-order chi connectivity index (χ1) is 11.5. The smallest absolute Gasteiger partial charge is 0.178 e. The van der Waals surface area contributed by atoms with Crippen LogP contribution in [0.2, 0.25) is 0 Å². The lowest BCUT2D eigenvalue weighted by Gasteiger charge is -2.26. The van der Waals surface area contributed by atoms with Gasteiger partial charge in [-0.15, -0.1) is 15.3 Å². The zero-order chi connectivity index (χ0) is 16.7. The van der Waals surface area contributed by atoms with Crippen LogP contribution in [0.15, 0.2) is 36.4 Å². The van der Waals surface area contributed by atoms with Gasteiger partial charge in [-0.3, -0.25) is 0 Å². The van der Waals surface area contributed by atoms with Crippen molar-refractivity contribution in [1.29, 1.82) is 0 Å². The summed E-state index contributed by atoms with van der Waals surface area (Å²) >= 11 is 0. The molecule has 1 aliphatic rings. The Morgan fingerprint density at radius 1 is 1.08 bits per heavy atom. The topological polar surface area (TPSA) is 55.1 Å². The van der Waals surface area contributed by atoms with Crippen molar-refractivity contribution in [1.82, 2.24) is 19.8 Å². The van der Waals surface area contributed by atoms with Crippen molar-refractivity contribution in [3.05, 3.63) is 53.3 Å². The molecule has 124 valence electrons. The number of aryl methyl sites for hydroxylation is 1. The molecule has 0 fully saturated rings. The summed E-state index contributed by atoms with van der Waals surface area (Å²) in [7, 11) is 0. The first kappa shape index (κ1) is 15.1. The maximum atomic E-state index is 4.75. The number of hydrogen-bond acceptors (Lipinski definition) is 4. The molecule has 5 heteroatoms. The van der Waals surface area contributed by atoms with E-state index in [1.807, 2.05) is 16.6 Å². The molecular formula is C19H23N5. The van der Waals surface area contributed by atoms with Crippen LogP contribution in [-0.2, 0) is 11.8 Å². The monoisotopic (exact) mass is 321 g/mol. The molecule has 0 saturated heterocycles. The highest BCUT2D eigenvalue weighted by atomic mass is 15.4. The average molecular weight is 321 g/mol. The summed E-state index contributed by atoms with van der Waals surface area (Å²) in [6.07, 6.45) is 3.50. The Morgan fingerprint density at radius 2 is 1.92 bits per heavy atom. The third-order valence-corrected chi connectivity index (χ3v) is 4.63. The summed E-state index contributed by atoms with van der Waals surface area (Å²) < 4.78 is 1.86. The lowest BCUT2D eigenvalue weighted by Crippen LogP contribution is -2.20. The van der Waals surface area contributed by atoms with Crippen molar-refractivity contribution in [2.24, 2.45) is 0 Å². The van der Waals surface area contributed by atoms with Crippen molar-refractivity contribution in [3.8, 4) is 0 Å². The number of rotatable bonds is 2. The normalized spacial score (nSPS) is 17.7. The molecule has 0 saturated carbocycles. The molecule has 5 nitrogen and oxygen atoms in total. The quantitative estimate of drug-likeness (QED) is 0.777. The summed E-state index contributed by atoms with van der Waals surface area (Å²) in [5, 5.41) is 16.9. The summed E-state index contributed by atoms with van der Waals surface area (Å²) in [5.41, 5.74) is 3.53. The second kappa shape index (κ2) is 5.58. The summed E-state index contributed by atoms with van der Waals surface area (Å²) in [6, 6.07) is 13.0. The second-order valence-electron chi connectivity index (χ2n) is 7.55. The minimum absolute atomic E-state index is 0.0948. The largest absolute Gasteiger partial charge is 0.362 e. The van der Waals surface area contributed by atoms with Gasteiger partial charge in [0.2, 0.25) is 0 Å². The summed E-state index contributed by atoms with van der Waals surface area (Å²) in [4.78, 5) is 0. The molecule has 24 heavy (non-hydrogen) atoms. The van der Waals surface area contributed by atoms with Gasteiger partial charge in [-0.25, -0.2) is 0 Å². The SMILES string of the molecule is CC(C)(C)c1nnc2ccc(NC3CCCc4ccccc43)nn12. The average Bonchev–Trinajstić information content (AvgIpc) is 2.99. The second-order valence-corrected chi connectivity index (χ2v) is 7.55. The van der Waals surface area contributed by atoms with Gasteiger partial charge < -0.3 is 5.32 Å². The fourth-order valence-corrected chi connectivity index (χ4v) is 3.42. The van der Waals surface area contributed by atoms with E-state index in [1.54, 1.807) is 0 Å². The van der Waals surface area contributed by atoms with E-state index in [4.69, 9.17) is 5.10 Å². The highest BCUT2D eigenvalue weighted by Gasteiger charge is 2.23. The molecule has 1 aliphatic carbocycles. The summed E-state index contributed by atoms with van der Waals surface area (Å²) in [5.74, 6) is 1.75. The molecule has 2 aromatic heterocycles. The van der Waals surface area contributed by atoms with E-state index in [2.05, 4.69) is 60.6 Å². The van der Waals surface area contributed by atoms with Crippen LogP contribution in [-0.4, -0.2) is 19.8 Å². The van der Waals surface area contributed by atoms with Gasteiger partial charge in [0.1, 0.15) is 5.82 Å². The first-order valence-corrected chi connectivity index (χ1v) is 8.60. The van der Waals surface area contributed by atoms with Crippen LogP contribution in [0.1, 0.15) is 56.6 Å². The number of fused-ring (bicyclic) bond motifs is 2. The fraction of sp³-hybridized carbons (Fsp3) is 0.421. The highest BCUT2D eigenvalue weighted by Crippen LogP contribution is 2.32. The molecule has 0 radical (unpaired) electrons. The molecule has 0 spiro atoms. The van der Waals surface area contributed by atoms with E-state index >= 15 is 0 Å². The Hall–Kier alpha value is -2.43. The van der Waals surface area contributed by atoms with Gasteiger partial charge in [0.25, 0.3) is 0 Å². The Labute approximate surface area is 142 Å². The van der Waals surface area contributed by atoms with Crippen LogP contribution in [0, 0.1) is 0 Å². The van der Waals surface area contributed by atoms with Gasteiger partial charge in [0.15, 0.2) is 11.5 Å². The Bertz CT molecular complexity index is 875. The lowest BCUT2D eigenvalue weighted by molar-refractivity contribution is 0.526. The number of nitrogens with zero attached hydrogens (tertiary/aromatic N) is 4. The van der Waals surface area contributed by atoms with Gasteiger partial charge in [0.05, 0.1) is 6.04 Å². The fourth-order valence-electron chi connectivity index (χ4n) is 3.42. The molecule has 1 unspecified atom stereocenters. The molecule has 4 rings (SSSR count). The standard InChI is InChI=1S/C19H23N5/c1-19(2,3)18-22-21-17-12-11-16(23-24(17)18)20-15-10-6-8-13-7-4-5-9-14(13)15/h4-5,7,9,11-12,15H,6,8,10H2,1-3H3,(H,20,23).